The summed E-state index contributed by atoms with van der Waals surface area (Å²) >= 11 is 0. The van der Waals surface area contributed by atoms with E-state index in [1.807, 2.05) is 19.9 Å². The van der Waals surface area contributed by atoms with Gasteiger partial charge in [-0.05, 0) is 56.6 Å². The molecule has 4 heteroatoms. The van der Waals surface area contributed by atoms with E-state index in [2.05, 4.69) is 32.1 Å². The molecule has 4 aliphatic carbocycles. The van der Waals surface area contributed by atoms with Gasteiger partial charge in [0.15, 0.2) is 18.2 Å². The van der Waals surface area contributed by atoms with E-state index in [0.29, 0.717) is 11.8 Å². The highest BCUT2D eigenvalue weighted by Gasteiger charge is 2.54. The first-order valence-corrected chi connectivity index (χ1v) is 10.8. The molecule has 156 valence electrons. The van der Waals surface area contributed by atoms with Crippen molar-refractivity contribution in [2.45, 2.75) is 60.3 Å². The predicted molar refractivity (Wildman–Crippen MR) is 113 cm³/mol. The monoisotopic (exact) mass is 396 g/mol. The fourth-order valence-electron chi connectivity index (χ4n) is 5.78. The first kappa shape index (κ1) is 21.5. The summed E-state index contributed by atoms with van der Waals surface area (Å²) in [5, 5.41) is 0. The van der Waals surface area contributed by atoms with Crippen LogP contribution in [0.3, 0.4) is 0 Å². The molecule has 0 radical (unpaired) electrons. The number of ether oxygens (including phenoxy) is 1. The molecule has 4 nitrogen and oxygen atoms in total. The van der Waals surface area contributed by atoms with Gasteiger partial charge >= 0.3 is 5.97 Å². The second-order valence-corrected chi connectivity index (χ2v) is 8.70. The maximum absolute atomic E-state index is 12.7. The molecule has 29 heavy (non-hydrogen) atoms. The predicted octanol–water partition coefficient (Wildman–Crippen LogP) is 4.91. The van der Waals surface area contributed by atoms with Crippen molar-refractivity contribution in [1.29, 1.82) is 0 Å². The third-order valence-corrected chi connectivity index (χ3v) is 7.24. The molecular weight excluding hydrogens is 364 g/mol. The molecule has 4 aliphatic rings. The highest BCUT2D eigenvalue weighted by Crippen LogP contribution is 2.62. The molecule has 0 N–H and O–H groups in total. The van der Waals surface area contributed by atoms with Gasteiger partial charge in [0.05, 0.1) is 0 Å². The second-order valence-electron chi connectivity index (χ2n) is 8.70. The van der Waals surface area contributed by atoms with Crippen molar-refractivity contribution in [3.63, 3.8) is 0 Å². The summed E-state index contributed by atoms with van der Waals surface area (Å²) in [7, 11) is 0. The molecule has 0 amide bonds. The Morgan fingerprint density at radius 3 is 2.62 bits per heavy atom. The quantitative estimate of drug-likeness (QED) is 0.502. The molecule has 0 aromatic rings. The number of hydrogen-bond donors (Lipinski definition) is 0. The van der Waals surface area contributed by atoms with Gasteiger partial charge in [-0.25, -0.2) is 0 Å². The Balaban J connectivity index is 0.00000117. The summed E-state index contributed by atoms with van der Waals surface area (Å²) in [6.45, 7) is 9.56. The topological polar surface area (TPSA) is 60.4 Å². The number of ketones is 2. The molecule has 4 atom stereocenters. The smallest absolute Gasteiger partial charge is 0.303 e. The molecule has 4 rings (SSSR count). The normalized spacial score (nSPS) is 34.4. The number of rotatable bonds is 3. The summed E-state index contributed by atoms with van der Waals surface area (Å²) in [6.07, 6.45) is 13.6. The molecule has 0 spiro atoms. The summed E-state index contributed by atoms with van der Waals surface area (Å²) in [4.78, 5) is 35.6. The maximum Gasteiger partial charge on any atom is 0.303 e. The highest BCUT2D eigenvalue weighted by molar-refractivity contribution is 6.01. The van der Waals surface area contributed by atoms with Crippen LogP contribution in [0.25, 0.3) is 0 Å². The maximum atomic E-state index is 12.7. The SMILES string of the molecule is CC.CC(=O)OCC(=O)C1=CCC2C3CCC4=CC(=O)C=CC4(C)C3=CCC12C. The Kier molecular flexibility index (Phi) is 5.84. The molecule has 1 fully saturated rings. The minimum absolute atomic E-state index is 0.0715. The first-order chi connectivity index (χ1) is 13.8. The zero-order valence-corrected chi connectivity index (χ0v) is 18.2. The van der Waals surface area contributed by atoms with Crippen LogP contribution in [0.5, 0.6) is 0 Å². The number of hydrogen-bond acceptors (Lipinski definition) is 4. The van der Waals surface area contributed by atoms with Crippen LogP contribution >= 0.6 is 0 Å². The molecule has 0 aromatic heterocycles. The van der Waals surface area contributed by atoms with Crippen molar-refractivity contribution in [1.82, 2.24) is 0 Å². The van der Waals surface area contributed by atoms with Crippen LogP contribution in [0, 0.1) is 22.7 Å². The van der Waals surface area contributed by atoms with Crippen LogP contribution < -0.4 is 0 Å². The van der Waals surface area contributed by atoms with Crippen molar-refractivity contribution in [3.05, 3.63) is 47.1 Å². The zero-order chi connectivity index (χ0) is 21.4. The lowest BCUT2D eigenvalue weighted by atomic mass is 9.52. The molecule has 4 unspecified atom stereocenters. The van der Waals surface area contributed by atoms with E-state index in [-0.39, 0.29) is 29.0 Å². The number of carbonyl (C=O) groups is 3. The van der Waals surface area contributed by atoms with Gasteiger partial charge in [-0.3, -0.25) is 14.4 Å². The fourth-order valence-corrected chi connectivity index (χ4v) is 5.78. The summed E-state index contributed by atoms with van der Waals surface area (Å²) in [6, 6.07) is 0. The number of Topliss-reactive ketones (excluding diaryl/α,β-unsaturated/α-hetero) is 1. The van der Waals surface area contributed by atoms with Gasteiger partial charge < -0.3 is 4.74 Å². The average Bonchev–Trinajstić information content (AvgIpc) is 3.05. The fraction of sp³-hybridized carbons (Fsp3) is 0.560. The van der Waals surface area contributed by atoms with Gasteiger partial charge in [-0.15, -0.1) is 0 Å². The van der Waals surface area contributed by atoms with Crippen LogP contribution in [0.15, 0.2) is 47.1 Å². The Bertz CT molecular complexity index is 856. The van der Waals surface area contributed by atoms with Crippen molar-refractivity contribution in [3.8, 4) is 0 Å². The first-order valence-electron chi connectivity index (χ1n) is 10.8. The third kappa shape index (κ3) is 3.47. The lowest BCUT2D eigenvalue weighted by molar-refractivity contribution is -0.145. The van der Waals surface area contributed by atoms with Gasteiger partial charge in [-0.1, -0.05) is 50.1 Å². The standard InChI is InChI=1S/C23H26O4.C2H6/c1-14(24)27-13-21(26)20-7-6-18-17-5-4-15-12-16(25)8-10-22(15,2)19(17)9-11-23(18,20)3;1-2/h7-10,12,17-18H,4-6,11,13H2,1-3H3;1-2H3. The number of carbonyl (C=O) groups excluding carboxylic acids is 3. The molecule has 0 bridgehead atoms. The number of fused-ring (bicyclic) bond motifs is 5. The van der Waals surface area contributed by atoms with Gasteiger partial charge in [0.1, 0.15) is 0 Å². The van der Waals surface area contributed by atoms with Crippen LogP contribution in [-0.2, 0) is 19.1 Å². The number of esters is 1. The molecular formula is C25H32O4. The minimum Gasteiger partial charge on any atom is -0.457 e. The van der Waals surface area contributed by atoms with Gasteiger partial charge in [0.2, 0.25) is 0 Å². The summed E-state index contributed by atoms with van der Waals surface area (Å²) in [5.41, 5.74) is 3.09. The van der Waals surface area contributed by atoms with Gasteiger partial charge in [0, 0.05) is 23.3 Å². The van der Waals surface area contributed by atoms with Crippen LogP contribution in [0.1, 0.15) is 60.3 Å². The lowest BCUT2D eigenvalue weighted by Crippen LogP contribution is -2.43. The largest absolute Gasteiger partial charge is 0.457 e. The summed E-state index contributed by atoms with van der Waals surface area (Å²) in [5.74, 6) is 0.394. The van der Waals surface area contributed by atoms with E-state index in [4.69, 9.17) is 4.74 Å². The van der Waals surface area contributed by atoms with E-state index in [1.54, 1.807) is 6.08 Å². The van der Waals surface area contributed by atoms with Gasteiger partial charge in [0.25, 0.3) is 0 Å². The van der Waals surface area contributed by atoms with Crippen LogP contribution in [0.4, 0.5) is 0 Å². The van der Waals surface area contributed by atoms with E-state index in [9.17, 15) is 14.4 Å². The van der Waals surface area contributed by atoms with Crippen molar-refractivity contribution in [2.24, 2.45) is 22.7 Å². The Labute approximate surface area is 173 Å². The highest BCUT2D eigenvalue weighted by atomic mass is 16.5. The molecule has 0 aromatic carbocycles. The number of allylic oxidation sites excluding steroid dienone is 7. The van der Waals surface area contributed by atoms with Crippen LogP contribution in [-0.4, -0.2) is 24.1 Å². The van der Waals surface area contributed by atoms with E-state index in [1.165, 1.54) is 18.1 Å². The Morgan fingerprint density at radius 2 is 1.93 bits per heavy atom. The lowest BCUT2D eigenvalue weighted by Gasteiger charge is -2.51. The second kappa shape index (κ2) is 7.89. The van der Waals surface area contributed by atoms with E-state index in [0.717, 1.165) is 31.3 Å². The van der Waals surface area contributed by atoms with Crippen molar-refractivity contribution < 1.29 is 19.1 Å². The Hall–Kier alpha value is -2.23. The van der Waals surface area contributed by atoms with Crippen LogP contribution in [0.2, 0.25) is 0 Å². The molecule has 0 heterocycles. The van der Waals surface area contributed by atoms with Crippen molar-refractivity contribution >= 4 is 17.5 Å². The van der Waals surface area contributed by atoms with E-state index < -0.39 is 5.97 Å². The molecule has 0 saturated heterocycles. The molecule has 0 aliphatic heterocycles. The zero-order valence-electron chi connectivity index (χ0n) is 18.2. The van der Waals surface area contributed by atoms with E-state index >= 15 is 0 Å². The van der Waals surface area contributed by atoms with Gasteiger partial charge in [-0.2, -0.15) is 0 Å². The summed E-state index contributed by atoms with van der Waals surface area (Å²) < 4.78 is 4.95. The Morgan fingerprint density at radius 1 is 1.21 bits per heavy atom. The van der Waals surface area contributed by atoms with Crippen molar-refractivity contribution in [2.75, 3.05) is 6.61 Å². The third-order valence-electron chi connectivity index (χ3n) is 7.24. The molecule has 1 saturated carbocycles. The minimum atomic E-state index is -0.423. The average molecular weight is 397 g/mol.